The normalized spacial score (nSPS) is 12.2. The summed E-state index contributed by atoms with van der Waals surface area (Å²) in [5.41, 5.74) is 1.47. The number of aliphatic hydroxyl groups excluding tert-OH is 1. The number of nitrogens with zero attached hydrogens (tertiary/aromatic N) is 4. The molecule has 0 bridgehead atoms. The maximum absolute atomic E-state index is 12.1. The van der Waals surface area contributed by atoms with E-state index in [1.807, 2.05) is 6.07 Å². The van der Waals surface area contributed by atoms with Crippen LogP contribution in [0.4, 0.5) is 0 Å². The lowest BCUT2D eigenvalue weighted by Gasteiger charge is -2.18. The average Bonchev–Trinajstić information content (AvgIpc) is 3.04. The van der Waals surface area contributed by atoms with Gasteiger partial charge in [-0.05, 0) is 18.6 Å². The highest BCUT2D eigenvalue weighted by atomic mass is 35.5. The number of carbonyl (C=O) groups excluding carboxylic acids is 1. The standard InChI is InChI=1S/C16H15ClN4O3/c17-14-13-15(19-9-18-14)21(10-20-13)12(6-7-22)8-24-16(23)11-4-2-1-3-5-11/h1-5,9-10,12,22H,6-8H2. The molecule has 0 radical (unpaired) electrons. The van der Waals surface area contributed by atoms with E-state index in [-0.39, 0.29) is 24.4 Å². The summed E-state index contributed by atoms with van der Waals surface area (Å²) in [5.74, 6) is -0.421. The van der Waals surface area contributed by atoms with Crippen molar-refractivity contribution in [3.63, 3.8) is 0 Å². The van der Waals surface area contributed by atoms with E-state index >= 15 is 0 Å². The largest absolute Gasteiger partial charge is 0.460 e. The zero-order chi connectivity index (χ0) is 16.9. The van der Waals surface area contributed by atoms with Gasteiger partial charge >= 0.3 is 5.97 Å². The lowest BCUT2D eigenvalue weighted by molar-refractivity contribution is 0.0430. The number of hydrogen-bond donors (Lipinski definition) is 1. The second kappa shape index (κ2) is 7.37. The third-order valence-corrected chi connectivity index (χ3v) is 3.86. The van der Waals surface area contributed by atoms with Crippen LogP contribution in [0.3, 0.4) is 0 Å². The molecule has 1 N–H and O–H groups in total. The number of aliphatic hydroxyl groups is 1. The van der Waals surface area contributed by atoms with Gasteiger partial charge in [0.1, 0.15) is 18.5 Å². The molecule has 1 aromatic carbocycles. The summed E-state index contributed by atoms with van der Waals surface area (Å²) in [4.78, 5) is 24.3. The van der Waals surface area contributed by atoms with Crippen LogP contribution in [0.2, 0.25) is 5.15 Å². The van der Waals surface area contributed by atoms with Crippen molar-refractivity contribution in [1.82, 2.24) is 19.5 Å². The maximum Gasteiger partial charge on any atom is 0.338 e. The molecule has 2 heterocycles. The molecule has 1 atom stereocenters. The van der Waals surface area contributed by atoms with Gasteiger partial charge in [0.15, 0.2) is 10.8 Å². The van der Waals surface area contributed by atoms with Gasteiger partial charge in [-0.1, -0.05) is 29.8 Å². The Morgan fingerprint density at radius 2 is 2.04 bits per heavy atom. The van der Waals surface area contributed by atoms with Crippen LogP contribution >= 0.6 is 11.6 Å². The smallest absolute Gasteiger partial charge is 0.338 e. The molecule has 3 rings (SSSR count). The summed E-state index contributed by atoms with van der Waals surface area (Å²) >= 11 is 6.00. The van der Waals surface area contributed by atoms with Gasteiger partial charge < -0.3 is 14.4 Å². The van der Waals surface area contributed by atoms with Gasteiger partial charge in [0, 0.05) is 6.61 Å². The Balaban J connectivity index is 1.79. The molecule has 2 aromatic heterocycles. The Morgan fingerprint density at radius 1 is 1.25 bits per heavy atom. The van der Waals surface area contributed by atoms with Gasteiger partial charge in [-0.3, -0.25) is 0 Å². The van der Waals surface area contributed by atoms with E-state index < -0.39 is 5.97 Å². The topological polar surface area (TPSA) is 90.1 Å². The molecule has 124 valence electrons. The molecule has 0 amide bonds. The first kappa shape index (κ1) is 16.4. The predicted molar refractivity (Wildman–Crippen MR) is 87.8 cm³/mol. The fourth-order valence-electron chi connectivity index (χ4n) is 2.37. The molecule has 0 aliphatic rings. The monoisotopic (exact) mass is 346 g/mol. The molecule has 0 aliphatic heterocycles. The summed E-state index contributed by atoms with van der Waals surface area (Å²) < 4.78 is 7.10. The minimum Gasteiger partial charge on any atom is -0.460 e. The van der Waals surface area contributed by atoms with Gasteiger partial charge in [-0.25, -0.2) is 19.7 Å². The summed E-state index contributed by atoms with van der Waals surface area (Å²) in [7, 11) is 0. The number of benzene rings is 1. The highest BCUT2D eigenvalue weighted by Gasteiger charge is 2.19. The molecule has 8 heteroatoms. The molecule has 0 spiro atoms. The Morgan fingerprint density at radius 3 is 2.79 bits per heavy atom. The van der Waals surface area contributed by atoms with Crippen molar-refractivity contribution in [2.24, 2.45) is 0 Å². The molecule has 0 saturated heterocycles. The third kappa shape index (κ3) is 3.37. The number of carbonyl (C=O) groups is 1. The van der Waals surface area contributed by atoms with Crippen molar-refractivity contribution in [1.29, 1.82) is 0 Å². The molecule has 0 aliphatic carbocycles. The van der Waals surface area contributed by atoms with E-state index in [0.29, 0.717) is 23.1 Å². The third-order valence-electron chi connectivity index (χ3n) is 3.59. The Labute approximate surface area is 142 Å². The molecule has 7 nitrogen and oxygen atoms in total. The number of esters is 1. The highest BCUT2D eigenvalue weighted by molar-refractivity contribution is 6.33. The quantitative estimate of drug-likeness (QED) is 0.544. The zero-order valence-electron chi connectivity index (χ0n) is 12.7. The van der Waals surface area contributed by atoms with Gasteiger partial charge in [-0.2, -0.15) is 0 Å². The number of ether oxygens (including phenoxy) is 1. The second-order valence-electron chi connectivity index (χ2n) is 5.12. The molecular weight excluding hydrogens is 332 g/mol. The van der Waals surface area contributed by atoms with Crippen LogP contribution in [0, 0.1) is 0 Å². The molecule has 0 saturated carbocycles. The van der Waals surface area contributed by atoms with Crippen molar-refractivity contribution >= 4 is 28.7 Å². The van der Waals surface area contributed by atoms with Crippen molar-refractivity contribution in [2.75, 3.05) is 13.2 Å². The Bertz CT molecular complexity index is 838. The first-order valence-electron chi connectivity index (χ1n) is 7.36. The van der Waals surface area contributed by atoms with E-state index in [1.54, 1.807) is 35.2 Å². The van der Waals surface area contributed by atoms with Gasteiger partial charge in [-0.15, -0.1) is 0 Å². The van der Waals surface area contributed by atoms with Gasteiger partial charge in [0.05, 0.1) is 17.9 Å². The summed E-state index contributed by atoms with van der Waals surface area (Å²) in [6.07, 6.45) is 3.28. The molecule has 3 aromatic rings. The highest BCUT2D eigenvalue weighted by Crippen LogP contribution is 2.22. The molecular formula is C16H15ClN4O3. The summed E-state index contributed by atoms with van der Waals surface area (Å²) in [6.45, 7) is 0.0212. The lowest BCUT2D eigenvalue weighted by Crippen LogP contribution is -2.19. The van der Waals surface area contributed by atoms with Crippen LogP contribution < -0.4 is 0 Å². The zero-order valence-corrected chi connectivity index (χ0v) is 13.4. The Hall–Kier alpha value is -2.51. The number of rotatable bonds is 6. The number of halogens is 1. The molecule has 1 unspecified atom stereocenters. The average molecular weight is 347 g/mol. The number of hydrogen-bond acceptors (Lipinski definition) is 6. The molecule has 0 fully saturated rings. The van der Waals surface area contributed by atoms with Crippen molar-refractivity contribution in [2.45, 2.75) is 12.5 Å². The van der Waals surface area contributed by atoms with Crippen LogP contribution in [-0.4, -0.2) is 43.8 Å². The van der Waals surface area contributed by atoms with E-state index in [2.05, 4.69) is 15.0 Å². The lowest BCUT2D eigenvalue weighted by atomic mass is 10.2. The van der Waals surface area contributed by atoms with Crippen LogP contribution in [-0.2, 0) is 4.74 Å². The van der Waals surface area contributed by atoms with E-state index in [1.165, 1.54) is 6.33 Å². The fourth-order valence-corrected chi connectivity index (χ4v) is 2.55. The maximum atomic E-state index is 12.1. The fraction of sp³-hybridized carbons (Fsp3) is 0.250. The summed E-state index contributed by atoms with van der Waals surface area (Å²) in [5, 5.41) is 9.56. The van der Waals surface area contributed by atoms with Crippen LogP contribution in [0.15, 0.2) is 43.0 Å². The predicted octanol–water partition coefficient (Wildman–Crippen LogP) is 2.26. The van der Waals surface area contributed by atoms with E-state index in [4.69, 9.17) is 16.3 Å². The van der Waals surface area contributed by atoms with Gasteiger partial charge in [0.25, 0.3) is 0 Å². The van der Waals surface area contributed by atoms with Crippen molar-refractivity contribution in [3.05, 3.63) is 53.7 Å². The Kier molecular flexibility index (Phi) is 5.02. The van der Waals surface area contributed by atoms with Gasteiger partial charge in [0.2, 0.25) is 0 Å². The van der Waals surface area contributed by atoms with E-state index in [0.717, 1.165) is 0 Å². The molecule has 24 heavy (non-hydrogen) atoms. The minimum absolute atomic E-state index is 0.0634. The second-order valence-corrected chi connectivity index (χ2v) is 5.48. The first-order chi connectivity index (χ1) is 11.7. The van der Waals surface area contributed by atoms with Crippen molar-refractivity contribution in [3.8, 4) is 0 Å². The number of aromatic nitrogens is 4. The van der Waals surface area contributed by atoms with Crippen LogP contribution in [0.25, 0.3) is 11.2 Å². The SMILES string of the molecule is O=C(OCC(CCO)n1cnc2c(Cl)ncnc21)c1ccccc1. The van der Waals surface area contributed by atoms with Crippen LogP contribution in [0.5, 0.6) is 0 Å². The number of imidazole rings is 1. The van der Waals surface area contributed by atoms with E-state index in [9.17, 15) is 9.90 Å². The minimum atomic E-state index is -0.421. The van der Waals surface area contributed by atoms with Crippen molar-refractivity contribution < 1.29 is 14.6 Å². The summed E-state index contributed by atoms with van der Waals surface area (Å²) in [6, 6.07) is 8.42. The number of fused-ring (bicyclic) bond motifs is 1. The first-order valence-corrected chi connectivity index (χ1v) is 7.74. The van der Waals surface area contributed by atoms with Crippen LogP contribution in [0.1, 0.15) is 22.8 Å².